The maximum Gasteiger partial charge on any atom is 0.173 e. The molecule has 0 saturated heterocycles. The van der Waals surface area contributed by atoms with E-state index in [2.05, 4.69) is 5.32 Å². The van der Waals surface area contributed by atoms with Crippen molar-refractivity contribution < 1.29 is 18.6 Å². The van der Waals surface area contributed by atoms with Crippen LogP contribution in [0.1, 0.15) is 5.56 Å². The summed E-state index contributed by atoms with van der Waals surface area (Å²) in [4.78, 5) is 0. The van der Waals surface area contributed by atoms with Gasteiger partial charge in [-0.2, -0.15) is 0 Å². The Labute approximate surface area is 99.3 Å². The number of rotatable bonds is 3. The number of benzene rings is 1. The zero-order valence-corrected chi connectivity index (χ0v) is 9.81. The minimum atomic E-state index is -3.05. The largest absolute Gasteiger partial charge is 0.504 e. The number of phenols is 2. The average Bonchev–Trinajstić information content (AvgIpc) is 2.60. The molecule has 2 rings (SSSR count). The Kier molecular flexibility index (Phi) is 3.08. The number of nitrogens with one attached hydrogen (secondary N) is 1. The van der Waals surface area contributed by atoms with Gasteiger partial charge in [-0.15, -0.1) is 0 Å². The number of aromatic hydroxyl groups is 2. The monoisotopic (exact) mass is 255 g/mol. The summed E-state index contributed by atoms with van der Waals surface area (Å²) in [5.41, 5.74) is 0.776. The van der Waals surface area contributed by atoms with Crippen molar-refractivity contribution in [2.75, 3.05) is 5.75 Å². The Morgan fingerprint density at radius 3 is 2.65 bits per heavy atom. The Bertz CT molecular complexity index is 551. The van der Waals surface area contributed by atoms with E-state index in [0.717, 1.165) is 5.56 Å². The quantitative estimate of drug-likeness (QED) is 0.685. The fourth-order valence-electron chi connectivity index (χ4n) is 1.63. The lowest BCUT2D eigenvalue weighted by Crippen LogP contribution is -2.29. The molecule has 0 saturated carbocycles. The minimum Gasteiger partial charge on any atom is -0.504 e. The van der Waals surface area contributed by atoms with Crippen LogP contribution in [-0.4, -0.2) is 30.4 Å². The normalized spacial score (nSPS) is 21.8. The second-order valence-electron chi connectivity index (χ2n) is 3.97. The van der Waals surface area contributed by atoms with E-state index < -0.39 is 9.84 Å². The highest BCUT2D eigenvalue weighted by atomic mass is 32.2. The molecule has 1 unspecified atom stereocenters. The fraction of sp³-hybridized carbons (Fsp3) is 0.273. The van der Waals surface area contributed by atoms with Crippen LogP contribution in [0.25, 0.3) is 0 Å². The summed E-state index contributed by atoms with van der Waals surface area (Å²) < 4.78 is 22.3. The number of phenolic OH excluding ortho intramolecular Hbond substituents is 2. The first-order valence-corrected chi connectivity index (χ1v) is 6.83. The van der Waals surface area contributed by atoms with Crippen molar-refractivity contribution in [3.05, 3.63) is 35.2 Å². The molecule has 0 aliphatic carbocycles. The first kappa shape index (κ1) is 11.9. The van der Waals surface area contributed by atoms with E-state index in [1.807, 2.05) is 0 Å². The van der Waals surface area contributed by atoms with Crippen LogP contribution in [0.5, 0.6) is 11.5 Å². The molecule has 0 spiro atoms. The van der Waals surface area contributed by atoms with E-state index in [1.165, 1.54) is 17.5 Å². The fourth-order valence-corrected chi connectivity index (χ4v) is 2.90. The van der Waals surface area contributed by atoms with Gasteiger partial charge < -0.3 is 15.5 Å². The van der Waals surface area contributed by atoms with Gasteiger partial charge in [-0.3, -0.25) is 0 Å². The van der Waals surface area contributed by atoms with Gasteiger partial charge in [0.15, 0.2) is 21.3 Å². The van der Waals surface area contributed by atoms with E-state index in [9.17, 15) is 13.5 Å². The van der Waals surface area contributed by atoms with Gasteiger partial charge in [0.1, 0.15) is 0 Å². The lowest BCUT2D eigenvalue weighted by molar-refractivity contribution is 0.403. The summed E-state index contributed by atoms with van der Waals surface area (Å²) in [7, 11) is -3.05. The molecule has 1 aromatic carbocycles. The lowest BCUT2D eigenvalue weighted by atomic mass is 10.2. The van der Waals surface area contributed by atoms with Gasteiger partial charge in [0.05, 0.1) is 5.75 Å². The Hall–Kier alpha value is -1.53. The zero-order chi connectivity index (χ0) is 12.5. The molecule has 0 aromatic heterocycles. The molecule has 6 heteroatoms. The van der Waals surface area contributed by atoms with E-state index in [4.69, 9.17) is 5.11 Å². The topological polar surface area (TPSA) is 86.6 Å². The van der Waals surface area contributed by atoms with Crippen LogP contribution >= 0.6 is 0 Å². The van der Waals surface area contributed by atoms with Crippen LogP contribution in [0.4, 0.5) is 0 Å². The van der Waals surface area contributed by atoms with Crippen molar-refractivity contribution in [2.45, 2.75) is 12.6 Å². The molecule has 0 bridgehead atoms. The minimum absolute atomic E-state index is 0.0665. The highest BCUT2D eigenvalue weighted by Crippen LogP contribution is 2.24. The molecule has 0 amide bonds. The summed E-state index contributed by atoms with van der Waals surface area (Å²) >= 11 is 0. The molecule has 1 aliphatic rings. The predicted molar refractivity (Wildman–Crippen MR) is 63.3 cm³/mol. The molecule has 92 valence electrons. The van der Waals surface area contributed by atoms with Crippen LogP contribution in [0.2, 0.25) is 0 Å². The van der Waals surface area contributed by atoms with Crippen molar-refractivity contribution in [3.8, 4) is 11.5 Å². The Balaban J connectivity index is 1.95. The predicted octanol–water partition coefficient (Wildman–Crippen LogP) is 0.498. The Morgan fingerprint density at radius 1 is 1.29 bits per heavy atom. The van der Waals surface area contributed by atoms with E-state index in [-0.39, 0.29) is 23.3 Å². The van der Waals surface area contributed by atoms with Crippen LogP contribution in [0, 0.1) is 0 Å². The van der Waals surface area contributed by atoms with Crippen molar-refractivity contribution >= 4 is 9.84 Å². The number of hydrogen-bond donors (Lipinski definition) is 3. The summed E-state index contributed by atoms with van der Waals surface area (Å²) in [5, 5.41) is 22.7. The molecule has 1 heterocycles. The third-order valence-corrected chi connectivity index (χ3v) is 3.93. The second-order valence-corrected chi connectivity index (χ2v) is 5.90. The molecule has 5 nitrogen and oxygen atoms in total. The van der Waals surface area contributed by atoms with Crippen molar-refractivity contribution in [1.82, 2.24) is 5.32 Å². The summed E-state index contributed by atoms with van der Waals surface area (Å²) in [6.07, 6.45) is 1.61. The highest BCUT2D eigenvalue weighted by Gasteiger charge is 2.20. The summed E-state index contributed by atoms with van der Waals surface area (Å²) in [6, 6.07) is 4.30. The van der Waals surface area contributed by atoms with Gasteiger partial charge in [-0.25, -0.2) is 8.42 Å². The summed E-state index contributed by atoms with van der Waals surface area (Å²) in [5.74, 6) is -0.284. The third kappa shape index (κ3) is 2.98. The maximum atomic E-state index is 11.2. The zero-order valence-electron chi connectivity index (χ0n) is 9.00. The van der Waals surface area contributed by atoms with Crippen LogP contribution in [0.3, 0.4) is 0 Å². The van der Waals surface area contributed by atoms with Crippen LogP contribution in [0.15, 0.2) is 29.7 Å². The second kappa shape index (κ2) is 4.38. The van der Waals surface area contributed by atoms with E-state index in [1.54, 1.807) is 12.1 Å². The number of sulfone groups is 1. The van der Waals surface area contributed by atoms with Crippen molar-refractivity contribution in [1.29, 1.82) is 0 Å². The molecule has 1 aliphatic heterocycles. The van der Waals surface area contributed by atoms with Crippen LogP contribution in [-0.2, 0) is 16.4 Å². The highest BCUT2D eigenvalue weighted by molar-refractivity contribution is 7.94. The SMILES string of the molecule is O=S1(=O)C=CC(NCc2ccc(O)c(O)c2)C1. The smallest absolute Gasteiger partial charge is 0.173 e. The first-order chi connectivity index (χ1) is 7.96. The van der Waals surface area contributed by atoms with Gasteiger partial charge in [-0.1, -0.05) is 12.1 Å². The molecule has 1 aromatic rings. The van der Waals surface area contributed by atoms with Gasteiger partial charge in [0, 0.05) is 18.0 Å². The van der Waals surface area contributed by atoms with Gasteiger partial charge >= 0.3 is 0 Å². The van der Waals surface area contributed by atoms with Gasteiger partial charge in [0.2, 0.25) is 0 Å². The lowest BCUT2D eigenvalue weighted by Gasteiger charge is -2.10. The molecule has 0 radical (unpaired) electrons. The van der Waals surface area contributed by atoms with Gasteiger partial charge in [0.25, 0.3) is 0 Å². The molecular formula is C11H13NO4S. The standard InChI is InChI=1S/C11H13NO4S/c13-10-2-1-8(5-11(10)14)6-12-9-3-4-17(15,16)7-9/h1-5,9,12-14H,6-7H2. The molecule has 0 fully saturated rings. The first-order valence-electron chi connectivity index (χ1n) is 5.11. The molecule has 1 atom stereocenters. The molecular weight excluding hydrogens is 242 g/mol. The third-order valence-electron chi connectivity index (χ3n) is 2.54. The Morgan fingerprint density at radius 2 is 2.06 bits per heavy atom. The summed E-state index contributed by atoms with van der Waals surface area (Å²) in [6.45, 7) is 0.429. The van der Waals surface area contributed by atoms with E-state index >= 15 is 0 Å². The van der Waals surface area contributed by atoms with Crippen molar-refractivity contribution in [2.24, 2.45) is 0 Å². The number of hydrogen-bond acceptors (Lipinski definition) is 5. The molecule has 3 N–H and O–H groups in total. The van der Waals surface area contributed by atoms with Crippen LogP contribution < -0.4 is 5.32 Å². The van der Waals surface area contributed by atoms with Gasteiger partial charge in [-0.05, 0) is 17.7 Å². The average molecular weight is 255 g/mol. The molecule has 17 heavy (non-hydrogen) atoms. The van der Waals surface area contributed by atoms with Crippen molar-refractivity contribution in [3.63, 3.8) is 0 Å². The maximum absolute atomic E-state index is 11.2. The van der Waals surface area contributed by atoms with E-state index in [0.29, 0.717) is 6.54 Å².